The van der Waals surface area contributed by atoms with Crippen LogP contribution in [0, 0.1) is 5.92 Å². The maximum Gasteiger partial charge on any atom is 0.234 e. The fraction of sp³-hybridized carbons (Fsp3) is 0.583. The Morgan fingerprint density at radius 1 is 1.59 bits per heavy atom. The van der Waals surface area contributed by atoms with E-state index in [-0.39, 0.29) is 5.91 Å². The molecule has 0 spiro atoms. The van der Waals surface area contributed by atoms with Crippen LogP contribution in [0.25, 0.3) is 0 Å². The first-order valence-corrected chi connectivity index (χ1v) is 7.02. The van der Waals surface area contributed by atoms with E-state index < -0.39 is 0 Å². The van der Waals surface area contributed by atoms with Gasteiger partial charge in [0.2, 0.25) is 5.91 Å². The Balaban J connectivity index is 1.68. The molecule has 2 rings (SSSR count). The van der Waals surface area contributed by atoms with Crippen LogP contribution >= 0.6 is 22.9 Å². The highest BCUT2D eigenvalue weighted by molar-refractivity contribution is 7.16. The van der Waals surface area contributed by atoms with Crippen LogP contribution in [0.5, 0.6) is 0 Å². The molecule has 0 bridgehead atoms. The summed E-state index contributed by atoms with van der Waals surface area (Å²) in [6.45, 7) is 2.06. The molecule has 0 unspecified atom stereocenters. The zero-order valence-corrected chi connectivity index (χ0v) is 11.5. The molecule has 1 aliphatic rings. The van der Waals surface area contributed by atoms with Crippen molar-refractivity contribution in [1.82, 2.24) is 10.2 Å². The number of rotatable bonds is 6. The Hall–Kier alpha value is -0.580. The monoisotopic (exact) mass is 272 g/mol. The summed E-state index contributed by atoms with van der Waals surface area (Å²) in [7, 11) is 1.95. The van der Waals surface area contributed by atoms with Crippen LogP contribution in [0.1, 0.15) is 17.7 Å². The van der Waals surface area contributed by atoms with Crippen molar-refractivity contribution < 1.29 is 4.79 Å². The van der Waals surface area contributed by atoms with Gasteiger partial charge in [-0.05, 0) is 37.9 Å². The highest BCUT2D eigenvalue weighted by Gasteiger charge is 2.21. The lowest BCUT2D eigenvalue weighted by atomic mass is 10.4. The van der Waals surface area contributed by atoms with E-state index in [2.05, 4.69) is 5.32 Å². The number of halogens is 1. The molecule has 0 radical (unpaired) electrons. The number of hydrogen-bond donors (Lipinski definition) is 1. The third kappa shape index (κ3) is 4.66. The van der Waals surface area contributed by atoms with Crippen molar-refractivity contribution in [2.24, 2.45) is 5.92 Å². The molecule has 1 aromatic heterocycles. The molecule has 0 aromatic carbocycles. The maximum atomic E-state index is 11.6. The van der Waals surface area contributed by atoms with E-state index >= 15 is 0 Å². The molecule has 5 heteroatoms. The van der Waals surface area contributed by atoms with Crippen molar-refractivity contribution in [2.45, 2.75) is 19.4 Å². The lowest BCUT2D eigenvalue weighted by Crippen LogP contribution is -2.35. The van der Waals surface area contributed by atoms with Crippen molar-refractivity contribution in [3.05, 3.63) is 21.3 Å². The van der Waals surface area contributed by atoms with Crippen molar-refractivity contribution in [3.63, 3.8) is 0 Å². The zero-order chi connectivity index (χ0) is 12.3. The maximum absolute atomic E-state index is 11.6. The highest BCUT2D eigenvalue weighted by atomic mass is 35.5. The molecular weight excluding hydrogens is 256 g/mol. The summed E-state index contributed by atoms with van der Waals surface area (Å²) in [4.78, 5) is 14.8. The van der Waals surface area contributed by atoms with E-state index in [9.17, 15) is 4.79 Å². The van der Waals surface area contributed by atoms with Gasteiger partial charge in [0.25, 0.3) is 0 Å². The Morgan fingerprint density at radius 2 is 2.35 bits per heavy atom. The second kappa shape index (κ2) is 5.85. The normalized spacial score (nSPS) is 15.2. The van der Waals surface area contributed by atoms with E-state index in [1.54, 1.807) is 11.3 Å². The second-order valence-corrected chi connectivity index (χ2v) is 6.43. The molecule has 0 saturated heterocycles. The summed E-state index contributed by atoms with van der Waals surface area (Å²) in [5.41, 5.74) is 0. The molecule has 1 aliphatic carbocycles. The predicted octanol–water partition coefficient (Wildman–Crippen LogP) is 2.36. The third-order valence-electron chi connectivity index (χ3n) is 2.75. The van der Waals surface area contributed by atoms with Gasteiger partial charge in [0.1, 0.15) is 0 Å². The first-order valence-electron chi connectivity index (χ1n) is 5.83. The van der Waals surface area contributed by atoms with Crippen LogP contribution < -0.4 is 5.32 Å². The van der Waals surface area contributed by atoms with Gasteiger partial charge in [0, 0.05) is 18.0 Å². The van der Waals surface area contributed by atoms with Crippen LogP contribution in [-0.2, 0) is 11.3 Å². The van der Waals surface area contributed by atoms with Gasteiger partial charge in [-0.3, -0.25) is 9.69 Å². The molecule has 1 heterocycles. The topological polar surface area (TPSA) is 32.3 Å². The summed E-state index contributed by atoms with van der Waals surface area (Å²) in [5, 5.41) is 2.96. The van der Waals surface area contributed by atoms with Crippen LogP contribution in [0.3, 0.4) is 0 Å². The minimum atomic E-state index is 0.113. The molecule has 0 atom stereocenters. The van der Waals surface area contributed by atoms with Crippen molar-refractivity contribution >= 4 is 28.8 Å². The van der Waals surface area contributed by atoms with Crippen LogP contribution in [-0.4, -0.2) is 30.9 Å². The van der Waals surface area contributed by atoms with Gasteiger partial charge in [-0.25, -0.2) is 0 Å². The van der Waals surface area contributed by atoms with Crippen molar-refractivity contribution in [2.75, 3.05) is 20.1 Å². The number of hydrogen-bond acceptors (Lipinski definition) is 3. The van der Waals surface area contributed by atoms with Gasteiger partial charge in [0.05, 0.1) is 10.9 Å². The van der Waals surface area contributed by atoms with E-state index in [0.717, 1.165) is 23.3 Å². The quantitative estimate of drug-likeness (QED) is 0.862. The SMILES string of the molecule is CN(CC(=O)NCC1CC1)Cc1ccc(Cl)s1. The summed E-state index contributed by atoms with van der Waals surface area (Å²) >= 11 is 7.43. The summed E-state index contributed by atoms with van der Waals surface area (Å²) in [6.07, 6.45) is 2.54. The number of thiophene rings is 1. The van der Waals surface area contributed by atoms with Gasteiger partial charge in [-0.1, -0.05) is 11.6 Å². The fourth-order valence-corrected chi connectivity index (χ4v) is 2.81. The minimum Gasteiger partial charge on any atom is -0.355 e. The summed E-state index contributed by atoms with van der Waals surface area (Å²) in [6, 6.07) is 3.90. The van der Waals surface area contributed by atoms with Gasteiger partial charge >= 0.3 is 0 Å². The first kappa shape index (κ1) is 12.9. The van der Waals surface area contributed by atoms with Crippen molar-refractivity contribution in [1.29, 1.82) is 0 Å². The fourth-order valence-electron chi connectivity index (χ4n) is 1.64. The lowest BCUT2D eigenvalue weighted by molar-refractivity contribution is -0.122. The number of amides is 1. The molecule has 0 aliphatic heterocycles. The average Bonchev–Trinajstić information content (AvgIpc) is 3.00. The molecule has 1 saturated carbocycles. The van der Waals surface area contributed by atoms with Crippen LogP contribution in [0.15, 0.2) is 12.1 Å². The van der Waals surface area contributed by atoms with E-state index in [1.165, 1.54) is 17.7 Å². The van der Waals surface area contributed by atoms with E-state index in [0.29, 0.717) is 6.54 Å². The van der Waals surface area contributed by atoms with E-state index in [4.69, 9.17) is 11.6 Å². The smallest absolute Gasteiger partial charge is 0.234 e. The molecule has 1 fully saturated rings. The molecule has 1 aromatic rings. The molecular formula is C12H17ClN2OS. The number of nitrogens with zero attached hydrogens (tertiary/aromatic N) is 1. The zero-order valence-electron chi connectivity index (χ0n) is 9.91. The van der Waals surface area contributed by atoms with Gasteiger partial charge in [-0.15, -0.1) is 11.3 Å². The number of nitrogens with one attached hydrogen (secondary N) is 1. The molecule has 1 N–H and O–H groups in total. The Kier molecular flexibility index (Phi) is 4.42. The van der Waals surface area contributed by atoms with Crippen molar-refractivity contribution in [3.8, 4) is 0 Å². The van der Waals surface area contributed by atoms with Gasteiger partial charge in [0.15, 0.2) is 0 Å². The number of likely N-dealkylation sites (N-methyl/N-ethyl adjacent to an activating group) is 1. The van der Waals surface area contributed by atoms with Crippen LogP contribution in [0.4, 0.5) is 0 Å². The number of carbonyl (C=O) groups is 1. The van der Waals surface area contributed by atoms with Crippen LogP contribution in [0.2, 0.25) is 4.34 Å². The number of carbonyl (C=O) groups excluding carboxylic acids is 1. The van der Waals surface area contributed by atoms with Gasteiger partial charge < -0.3 is 5.32 Å². The average molecular weight is 273 g/mol. The van der Waals surface area contributed by atoms with Gasteiger partial charge in [-0.2, -0.15) is 0 Å². The van der Waals surface area contributed by atoms with E-state index in [1.807, 2.05) is 24.1 Å². The first-order chi connectivity index (χ1) is 8.13. The minimum absolute atomic E-state index is 0.113. The Bertz CT molecular complexity index is 390. The lowest BCUT2D eigenvalue weighted by Gasteiger charge is -2.15. The molecule has 17 heavy (non-hydrogen) atoms. The summed E-state index contributed by atoms with van der Waals surface area (Å²) < 4.78 is 0.798. The molecule has 1 amide bonds. The summed E-state index contributed by atoms with van der Waals surface area (Å²) in [5.74, 6) is 0.849. The Labute approximate surface area is 111 Å². The second-order valence-electron chi connectivity index (χ2n) is 4.63. The highest BCUT2D eigenvalue weighted by Crippen LogP contribution is 2.27. The predicted molar refractivity (Wildman–Crippen MR) is 71.4 cm³/mol. The standard InChI is InChI=1S/C12H17ClN2OS/c1-15(7-10-4-5-11(13)17-10)8-12(16)14-6-9-2-3-9/h4-5,9H,2-3,6-8H2,1H3,(H,14,16). The Morgan fingerprint density at radius 3 is 2.94 bits per heavy atom. The largest absolute Gasteiger partial charge is 0.355 e. The third-order valence-corrected chi connectivity index (χ3v) is 3.97. The molecule has 3 nitrogen and oxygen atoms in total. The molecule has 94 valence electrons.